The van der Waals surface area contributed by atoms with Crippen LogP contribution in [0.5, 0.6) is 5.75 Å². The van der Waals surface area contributed by atoms with E-state index in [0.29, 0.717) is 35.7 Å². The molecule has 176 valence electrons. The molecule has 7 nitrogen and oxygen atoms in total. The molecule has 0 radical (unpaired) electrons. The average molecular weight is 576 g/mol. The van der Waals surface area contributed by atoms with Crippen LogP contribution in [0.3, 0.4) is 0 Å². The lowest BCUT2D eigenvalue weighted by Gasteiger charge is -2.32. The Morgan fingerprint density at radius 3 is 2.55 bits per heavy atom. The molecule has 1 heterocycles. The predicted molar refractivity (Wildman–Crippen MR) is 125 cm³/mol. The van der Waals surface area contributed by atoms with Crippen molar-refractivity contribution in [2.75, 3.05) is 26.2 Å². The fraction of sp³-hybridized carbons (Fsp3) is 0.526. The maximum atomic E-state index is 12.7. The van der Waals surface area contributed by atoms with Gasteiger partial charge < -0.3 is 15.4 Å². The van der Waals surface area contributed by atoms with Gasteiger partial charge in [0.25, 0.3) is 0 Å². The zero-order valence-electron chi connectivity index (χ0n) is 17.2. The number of para-hydroxylation sites is 1. The van der Waals surface area contributed by atoms with Crippen LogP contribution in [-0.2, 0) is 16.6 Å². The summed E-state index contributed by atoms with van der Waals surface area (Å²) in [6.45, 7) is 6.44. The minimum absolute atomic E-state index is 0. The number of nitrogens with zero attached hydrogens (tertiary/aromatic N) is 2. The molecule has 31 heavy (non-hydrogen) atoms. The summed E-state index contributed by atoms with van der Waals surface area (Å²) < 4.78 is 67.3. The first-order chi connectivity index (χ1) is 14.2. The topological polar surface area (TPSA) is 83.0 Å². The van der Waals surface area contributed by atoms with Crippen LogP contribution in [0.1, 0.15) is 25.3 Å². The van der Waals surface area contributed by atoms with E-state index in [4.69, 9.17) is 4.74 Å². The van der Waals surface area contributed by atoms with Crippen LogP contribution < -0.4 is 15.4 Å². The third kappa shape index (κ3) is 7.83. The molecule has 0 saturated carbocycles. The van der Waals surface area contributed by atoms with Crippen LogP contribution in [0.25, 0.3) is 0 Å². The van der Waals surface area contributed by atoms with E-state index in [1.165, 1.54) is 0 Å². The first-order valence-corrected chi connectivity index (χ1v) is 11.1. The number of nitrogens with one attached hydrogen (secondary N) is 2. The summed E-state index contributed by atoms with van der Waals surface area (Å²) in [7, 11) is -5.28. The van der Waals surface area contributed by atoms with Crippen molar-refractivity contribution in [3.05, 3.63) is 42.5 Å². The first-order valence-electron chi connectivity index (χ1n) is 9.62. The number of sulfonamides is 1. The van der Waals surface area contributed by atoms with Gasteiger partial charge in [-0.2, -0.15) is 17.5 Å². The van der Waals surface area contributed by atoms with Crippen LogP contribution in [-0.4, -0.2) is 56.5 Å². The Hall–Kier alpha value is -1.54. The number of hydrogen-bond acceptors (Lipinski definition) is 4. The predicted octanol–water partition coefficient (Wildman–Crippen LogP) is 3.24. The van der Waals surface area contributed by atoms with Gasteiger partial charge in [-0.25, -0.2) is 13.4 Å². The number of halogens is 4. The summed E-state index contributed by atoms with van der Waals surface area (Å²) in [5.74, 6) is 1.20. The van der Waals surface area contributed by atoms with E-state index in [2.05, 4.69) is 22.2 Å². The van der Waals surface area contributed by atoms with E-state index in [1.807, 2.05) is 31.2 Å². The van der Waals surface area contributed by atoms with Crippen LogP contribution in [0.4, 0.5) is 13.2 Å². The van der Waals surface area contributed by atoms with Crippen molar-refractivity contribution >= 4 is 40.0 Å². The quantitative estimate of drug-likeness (QED) is 0.215. The molecular formula is C19H28F3IN4O3S. The van der Waals surface area contributed by atoms with Crippen LogP contribution in [0.2, 0.25) is 0 Å². The molecule has 1 aliphatic heterocycles. The minimum Gasteiger partial charge on any atom is -0.489 e. The Morgan fingerprint density at radius 2 is 1.97 bits per heavy atom. The number of guanidine groups is 1. The molecular weight excluding hydrogens is 548 g/mol. The van der Waals surface area contributed by atoms with Gasteiger partial charge in [-0.3, -0.25) is 0 Å². The fourth-order valence-electron chi connectivity index (χ4n) is 2.99. The van der Waals surface area contributed by atoms with Crippen molar-refractivity contribution in [2.24, 2.45) is 4.99 Å². The molecule has 1 saturated heterocycles. The number of benzene rings is 1. The zero-order valence-corrected chi connectivity index (χ0v) is 20.3. The highest BCUT2D eigenvalue weighted by atomic mass is 127. The molecule has 0 aliphatic carbocycles. The normalized spacial score (nSPS) is 16.3. The number of piperidine rings is 1. The van der Waals surface area contributed by atoms with Crippen molar-refractivity contribution in [2.45, 2.75) is 37.9 Å². The lowest BCUT2D eigenvalue weighted by atomic mass is 10.1. The lowest BCUT2D eigenvalue weighted by Crippen LogP contribution is -2.51. The number of ether oxygens (including phenoxy) is 1. The van der Waals surface area contributed by atoms with Gasteiger partial charge in [0.2, 0.25) is 0 Å². The highest BCUT2D eigenvalue weighted by molar-refractivity contribution is 14.0. The Bertz CT molecular complexity index is 842. The maximum absolute atomic E-state index is 12.7. The van der Waals surface area contributed by atoms with E-state index in [-0.39, 0.29) is 55.9 Å². The Labute approximate surface area is 198 Å². The molecule has 0 aromatic heterocycles. The molecule has 0 bridgehead atoms. The van der Waals surface area contributed by atoms with Crippen LogP contribution in [0, 0.1) is 0 Å². The molecule has 1 aromatic carbocycles. The summed E-state index contributed by atoms with van der Waals surface area (Å²) in [5.41, 5.74) is -4.40. The van der Waals surface area contributed by atoms with Gasteiger partial charge in [0, 0.05) is 31.2 Å². The summed E-state index contributed by atoms with van der Waals surface area (Å²) in [5, 5.41) is 6.28. The van der Waals surface area contributed by atoms with E-state index in [0.717, 1.165) is 5.56 Å². The van der Waals surface area contributed by atoms with Gasteiger partial charge in [0.05, 0.1) is 6.54 Å². The molecule has 12 heteroatoms. The van der Waals surface area contributed by atoms with Crippen LogP contribution in [0.15, 0.2) is 41.9 Å². The standard InChI is InChI=1S/C19H27F3N4O3S.HI/c1-3-13-29-17-8-6-5-7-15(17)14-24-18(23-4-2)25-16-9-11-26(12-10-16)30(27,28)19(20,21)22;/h3,5-8,16H,1,4,9-14H2,2H3,(H2,23,24,25);1H. The van der Waals surface area contributed by atoms with Crippen molar-refractivity contribution in [1.82, 2.24) is 14.9 Å². The highest BCUT2D eigenvalue weighted by Crippen LogP contribution is 2.29. The lowest BCUT2D eigenvalue weighted by molar-refractivity contribution is -0.0494. The Morgan fingerprint density at radius 1 is 1.32 bits per heavy atom. The second-order valence-electron chi connectivity index (χ2n) is 6.67. The van der Waals surface area contributed by atoms with Gasteiger partial charge in [0.15, 0.2) is 5.96 Å². The highest BCUT2D eigenvalue weighted by Gasteiger charge is 2.50. The Kier molecular flexibility index (Phi) is 11.1. The van der Waals surface area contributed by atoms with Gasteiger partial charge in [-0.1, -0.05) is 30.9 Å². The monoisotopic (exact) mass is 576 g/mol. The average Bonchev–Trinajstić information content (AvgIpc) is 2.71. The van der Waals surface area contributed by atoms with Crippen molar-refractivity contribution in [3.63, 3.8) is 0 Å². The smallest absolute Gasteiger partial charge is 0.489 e. The van der Waals surface area contributed by atoms with Gasteiger partial charge in [-0.15, -0.1) is 24.0 Å². The fourth-order valence-corrected chi connectivity index (χ4v) is 3.97. The molecule has 2 rings (SSSR count). The number of aliphatic imine (C=N–C) groups is 1. The third-order valence-electron chi connectivity index (χ3n) is 4.51. The molecule has 0 unspecified atom stereocenters. The maximum Gasteiger partial charge on any atom is 0.511 e. The molecule has 0 amide bonds. The second-order valence-corrected chi connectivity index (χ2v) is 8.60. The molecule has 1 aliphatic rings. The van der Waals surface area contributed by atoms with Crippen LogP contribution >= 0.6 is 24.0 Å². The minimum atomic E-state index is -5.28. The summed E-state index contributed by atoms with van der Waals surface area (Å²) in [4.78, 5) is 4.53. The van der Waals surface area contributed by atoms with Gasteiger partial charge in [0.1, 0.15) is 12.4 Å². The van der Waals surface area contributed by atoms with E-state index < -0.39 is 15.5 Å². The first kappa shape index (κ1) is 27.5. The zero-order chi connectivity index (χ0) is 22.2. The van der Waals surface area contributed by atoms with Crippen molar-refractivity contribution in [3.8, 4) is 5.75 Å². The summed E-state index contributed by atoms with van der Waals surface area (Å²) in [6.07, 6.45) is 2.15. The van der Waals surface area contributed by atoms with Crippen molar-refractivity contribution < 1.29 is 26.3 Å². The van der Waals surface area contributed by atoms with Gasteiger partial charge in [-0.05, 0) is 25.8 Å². The van der Waals surface area contributed by atoms with Crippen molar-refractivity contribution in [1.29, 1.82) is 0 Å². The number of hydrogen-bond donors (Lipinski definition) is 2. The summed E-state index contributed by atoms with van der Waals surface area (Å²) in [6, 6.07) is 7.28. The molecule has 1 fully saturated rings. The molecule has 1 aromatic rings. The number of alkyl halides is 3. The second kappa shape index (κ2) is 12.5. The Balaban J connectivity index is 0.00000480. The largest absolute Gasteiger partial charge is 0.511 e. The van der Waals surface area contributed by atoms with E-state index >= 15 is 0 Å². The third-order valence-corrected chi connectivity index (χ3v) is 6.14. The SMILES string of the molecule is C=CCOc1ccccc1CN=C(NCC)NC1CCN(S(=O)(=O)C(F)(F)F)CC1.I. The number of rotatable bonds is 8. The summed E-state index contributed by atoms with van der Waals surface area (Å²) >= 11 is 0. The van der Waals surface area contributed by atoms with E-state index in [1.54, 1.807) is 6.08 Å². The molecule has 0 spiro atoms. The van der Waals surface area contributed by atoms with E-state index in [9.17, 15) is 21.6 Å². The molecule has 2 N–H and O–H groups in total. The molecule has 0 atom stereocenters. The van der Waals surface area contributed by atoms with Gasteiger partial charge >= 0.3 is 15.5 Å².